The van der Waals surface area contributed by atoms with Gasteiger partial charge in [0.25, 0.3) is 0 Å². The average Bonchev–Trinajstić information content (AvgIpc) is 2.62. The Labute approximate surface area is 180 Å². The molecule has 9 heteroatoms. The van der Waals surface area contributed by atoms with Gasteiger partial charge in [-0.1, -0.05) is 0 Å². The van der Waals surface area contributed by atoms with Crippen molar-refractivity contribution in [1.82, 2.24) is 20.6 Å². The van der Waals surface area contributed by atoms with Crippen molar-refractivity contribution in [2.45, 2.75) is 45.6 Å². The lowest BCUT2D eigenvalue weighted by Crippen LogP contribution is -2.54. The van der Waals surface area contributed by atoms with E-state index < -0.39 is 0 Å². The molecule has 0 spiro atoms. The number of piperidine rings is 2. The Bertz CT molecular complexity index is 607. The van der Waals surface area contributed by atoms with Crippen molar-refractivity contribution in [3.05, 3.63) is 17.6 Å². The number of carbonyl (C=O) groups excluding carboxylic acids is 1. The first-order valence-corrected chi connectivity index (χ1v) is 9.60. The molecule has 7 nitrogen and oxygen atoms in total. The number of halogens is 2. The summed E-state index contributed by atoms with van der Waals surface area (Å²) in [6.07, 6.45) is 3.56. The molecule has 0 saturated carbocycles. The number of aryl methyl sites for hydroxylation is 2. The van der Waals surface area contributed by atoms with Gasteiger partial charge in [-0.25, -0.2) is 9.97 Å². The van der Waals surface area contributed by atoms with Crippen molar-refractivity contribution in [3.63, 3.8) is 0 Å². The summed E-state index contributed by atoms with van der Waals surface area (Å²) in [5.74, 6) is 1.96. The molecule has 0 unspecified atom stereocenters. The number of carbonyl (C=O) groups is 1. The molecule has 0 radical (unpaired) electrons. The Kier molecular flexibility index (Phi) is 9.90. The van der Waals surface area contributed by atoms with E-state index in [1.54, 1.807) is 7.11 Å². The number of ether oxygens (including phenoxy) is 1. The van der Waals surface area contributed by atoms with E-state index in [1.807, 2.05) is 19.9 Å². The van der Waals surface area contributed by atoms with Crippen LogP contribution in [0, 0.1) is 19.3 Å². The summed E-state index contributed by atoms with van der Waals surface area (Å²) in [4.78, 5) is 24.2. The Balaban J connectivity index is 0.00000196. The van der Waals surface area contributed by atoms with Crippen LogP contribution < -0.4 is 15.5 Å². The maximum atomic E-state index is 13.0. The van der Waals surface area contributed by atoms with Gasteiger partial charge in [-0.2, -0.15) is 0 Å². The second kappa shape index (κ2) is 11.1. The molecule has 1 amide bonds. The Morgan fingerprint density at radius 2 is 1.89 bits per heavy atom. The van der Waals surface area contributed by atoms with Gasteiger partial charge in [0.05, 0.1) is 12.0 Å². The lowest BCUT2D eigenvalue weighted by molar-refractivity contribution is -0.137. The van der Waals surface area contributed by atoms with Gasteiger partial charge in [0, 0.05) is 38.0 Å². The fourth-order valence-corrected chi connectivity index (χ4v) is 4.07. The predicted molar refractivity (Wildman–Crippen MR) is 116 cm³/mol. The molecule has 1 aromatic heterocycles. The Morgan fingerprint density at radius 1 is 1.25 bits per heavy atom. The summed E-state index contributed by atoms with van der Waals surface area (Å²) < 4.78 is 5.38. The number of amides is 1. The molecular weight excluding hydrogens is 401 g/mol. The van der Waals surface area contributed by atoms with Crippen LogP contribution in [0.5, 0.6) is 0 Å². The number of nitrogens with one attached hydrogen (secondary N) is 2. The Hall–Kier alpha value is -1.15. The first kappa shape index (κ1) is 24.9. The van der Waals surface area contributed by atoms with Crippen LogP contribution in [-0.4, -0.2) is 61.8 Å². The van der Waals surface area contributed by atoms with Crippen molar-refractivity contribution in [2.24, 2.45) is 5.41 Å². The van der Waals surface area contributed by atoms with Crippen LogP contribution in [-0.2, 0) is 9.53 Å². The van der Waals surface area contributed by atoms with Gasteiger partial charge >= 0.3 is 0 Å². The van der Waals surface area contributed by atoms with E-state index in [0.29, 0.717) is 6.61 Å². The highest BCUT2D eigenvalue weighted by molar-refractivity contribution is 5.85. The van der Waals surface area contributed by atoms with E-state index in [1.165, 1.54) is 0 Å². The molecule has 2 N–H and O–H groups in total. The molecule has 28 heavy (non-hydrogen) atoms. The standard InChI is InChI=1S/C19H31N5O2.2ClH/c1-14-12-17(22-15(2)21-14)24-10-4-16(5-11-24)23-18(25)19(13-26-3)6-8-20-9-7-19;;/h12,16,20H,4-11,13H2,1-3H3,(H,23,25);2*1H. The van der Waals surface area contributed by atoms with Gasteiger partial charge in [-0.15, -0.1) is 24.8 Å². The predicted octanol–water partition coefficient (Wildman–Crippen LogP) is 2.04. The minimum atomic E-state index is -0.377. The van der Waals surface area contributed by atoms with Gasteiger partial charge in [0.15, 0.2) is 0 Å². The van der Waals surface area contributed by atoms with Crippen LogP contribution in [0.1, 0.15) is 37.2 Å². The van der Waals surface area contributed by atoms with Gasteiger partial charge in [0.1, 0.15) is 11.6 Å². The van der Waals surface area contributed by atoms with Crippen molar-refractivity contribution in [1.29, 1.82) is 0 Å². The zero-order chi connectivity index (χ0) is 18.6. The highest BCUT2D eigenvalue weighted by Gasteiger charge is 2.40. The maximum absolute atomic E-state index is 13.0. The third kappa shape index (κ3) is 5.92. The maximum Gasteiger partial charge on any atom is 0.228 e. The third-order valence-electron chi connectivity index (χ3n) is 5.57. The third-order valence-corrected chi connectivity index (χ3v) is 5.57. The largest absolute Gasteiger partial charge is 0.384 e. The fourth-order valence-electron chi connectivity index (χ4n) is 4.07. The molecule has 3 heterocycles. The molecule has 0 aromatic carbocycles. The highest BCUT2D eigenvalue weighted by atomic mass is 35.5. The van der Waals surface area contributed by atoms with Crippen molar-refractivity contribution >= 4 is 36.5 Å². The van der Waals surface area contributed by atoms with E-state index in [0.717, 1.165) is 69.2 Å². The quantitative estimate of drug-likeness (QED) is 0.739. The normalized spacial score (nSPS) is 19.3. The van der Waals surface area contributed by atoms with Crippen molar-refractivity contribution in [3.8, 4) is 0 Å². The van der Waals surface area contributed by atoms with E-state index in [-0.39, 0.29) is 42.2 Å². The Morgan fingerprint density at radius 3 is 2.46 bits per heavy atom. The number of aromatic nitrogens is 2. The van der Waals surface area contributed by atoms with Crippen LogP contribution >= 0.6 is 24.8 Å². The molecular formula is C19H33Cl2N5O2. The molecule has 2 aliphatic rings. The second-order valence-corrected chi connectivity index (χ2v) is 7.61. The molecule has 3 rings (SSSR count). The van der Waals surface area contributed by atoms with Gasteiger partial charge in [-0.05, 0) is 52.6 Å². The van der Waals surface area contributed by atoms with Gasteiger partial charge in [0.2, 0.25) is 5.91 Å². The lowest BCUT2D eigenvalue weighted by Gasteiger charge is -2.39. The smallest absolute Gasteiger partial charge is 0.228 e. The van der Waals surface area contributed by atoms with Gasteiger partial charge in [-0.3, -0.25) is 4.79 Å². The SMILES string of the molecule is COCC1(C(=O)NC2CCN(c3cc(C)nc(C)n3)CC2)CCNCC1.Cl.Cl. The molecule has 2 aliphatic heterocycles. The number of hydrogen-bond acceptors (Lipinski definition) is 6. The topological polar surface area (TPSA) is 79.4 Å². The van der Waals surface area contributed by atoms with Crippen molar-refractivity contribution < 1.29 is 9.53 Å². The van der Waals surface area contributed by atoms with Crippen LogP contribution in [0.3, 0.4) is 0 Å². The minimum absolute atomic E-state index is 0. The molecule has 0 atom stereocenters. The van der Waals surface area contributed by atoms with E-state index in [4.69, 9.17) is 4.74 Å². The summed E-state index contributed by atoms with van der Waals surface area (Å²) in [7, 11) is 1.68. The molecule has 1 aromatic rings. The second-order valence-electron chi connectivity index (χ2n) is 7.61. The number of rotatable bonds is 5. The zero-order valence-electron chi connectivity index (χ0n) is 17.0. The average molecular weight is 434 g/mol. The van der Waals surface area contributed by atoms with Crippen LogP contribution in [0.2, 0.25) is 0 Å². The van der Waals surface area contributed by atoms with E-state index in [2.05, 4.69) is 25.5 Å². The first-order valence-electron chi connectivity index (χ1n) is 9.60. The molecule has 160 valence electrons. The van der Waals surface area contributed by atoms with E-state index >= 15 is 0 Å². The van der Waals surface area contributed by atoms with Crippen LogP contribution in [0.4, 0.5) is 5.82 Å². The summed E-state index contributed by atoms with van der Waals surface area (Å²) in [5.41, 5.74) is 0.619. The summed E-state index contributed by atoms with van der Waals surface area (Å²) >= 11 is 0. The van der Waals surface area contributed by atoms with E-state index in [9.17, 15) is 4.79 Å². The summed E-state index contributed by atoms with van der Waals surface area (Å²) in [6, 6.07) is 2.26. The van der Waals surface area contributed by atoms with Gasteiger partial charge < -0.3 is 20.3 Å². The zero-order valence-corrected chi connectivity index (χ0v) is 18.6. The minimum Gasteiger partial charge on any atom is -0.384 e. The number of hydrogen-bond donors (Lipinski definition) is 2. The monoisotopic (exact) mass is 433 g/mol. The van der Waals surface area contributed by atoms with Crippen LogP contribution in [0.15, 0.2) is 6.07 Å². The highest BCUT2D eigenvalue weighted by Crippen LogP contribution is 2.30. The molecule has 2 saturated heterocycles. The molecule has 0 aliphatic carbocycles. The number of anilines is 1. The lowest BCUT2D eigenvalue weighted by atomic mass is 9.78. The van der Waals surface area contributed by atoms with Crippen molar-refractivity contribution in [2.75, 3.05) is 44.8 Å². The molecule has 2 fully saturated rings. The fraction of sp³-hybridized carbons (Fsp3) is 0.737. The molecule has 0 bridgehead atoms. The number of nitrogens with zero attached hydrogens (tertiary/aromatic N) is 3. The number of methoxy groups -OCH3 is 1. The summed E-state index contributed by atoms with van der Waals surface area (Å²) in [5, 5.41) is 6.64. The first-order chi connectivity index (χ1) is 12.5. The summed E-state index contributed by atoms with van der Waals surface area (Å²) in [6.45, 7) is 7.98. The van der Waals surface area contributed by atoms with Crippen LogP contribution in [0.25, 0.3) is 0 Å².